The molecule has 0 amide bonds. The maximum Gasteiger partial charge on any atom is 0.240 e. The zero-order valence-electron chi connectivity index (χ0n) is 18.7. The number of benzene rings is 1. The Bertz CT molecular complexity index is 1030. The summed E-state index contributed by atoms with van der Waals surface area (Å²) in [7, 11) is 1.62. The van der Waals surface area contributed by atoms with Gasteiger partial charge in [0.1, 0.15) is 11.6 Å². The maximum atomic E-state index is 5.94. The number of para-hydroxylation sites is 2. The van der Waals surface area contributed by atoms with Gasteiger partial charge in [-0.1, -0.05) is 31.1 Å². The van der Waals surface area contributed by atoms with E-state index in [-0.39, 0.29) is 11.9 Å². The summed E-state index contributed by atoms with van der Waals surface area (Å²) < 4.78 is 10.7. The van der Waals surface area contributed by atoms with Crippen LogP contribution in [0.3, 0.4) is 0 Å². The van der Waals surface area contributed by atoms with Gasteiger partial charge < -0.3 is 20.3 Å². The molecule has 1 aliphatic heterocycles. The zero-order chi connectivity index (χ0) is 22.5. The molecule has 0 spiro atoms. The molecule has 0 atom stereocenters. The molecule has 11 nitrogen and oxygen atoms in total. The number of nitrogens with one attached hydrogen (secondary N) is 1. The van der Waals surface area contributed by atoms with Crippen molar-refractivity contribution in [3.8, 4) is 5.75 Å². The average molecular weight is 440 g/mol. The number of piperazine rings is 1. The Morgan fingerprint density at radius 2 is 1.75 bits per heavy atom. The summed E-state index contributed by atoms with van der Waals surface area (Å²) >= 11 is 0. The fourth-order valence-electron chi connectivity index (χ4n) is 3.50. The number of anilines is 3. The van der Waals surface area contributed by atoms with E-state index in [2.05, 4.69) is 54.1 Å². The molecule has 0 saturated carbocycles. The smallest absolute Gasteiger partial charge is 0.240 e. The monoisotopic (exact) mass is 439 g/mol. The van der Waals surface area contributed by atoms with Gasteiger partial charge in [-0.25, -0.2) is 0 Å². The standard InChI is InChI=1S/C21H29N9O2/c1-14(2)19-26-18(32-28-19)13-30-10-8-29(9-11-30)12-17-24-20(22)27-21(25-17)23-15-6-4-5-7-16(15)31-3/h4-7,14H,8-13H2,1-3H3,(H3,22,23,24,25,27). The molecule has 0 radical (unpaired) electrons. The molecule has 1 aromatic carbocycles. The lowest BCUT2D eigenvalue weighted by molar-refractivity contribution is 0.110. The first-order valence-corrected chi connectivity index (χ1v) is 10.7. The van der Waals surface area contributed by atoms with Crippen molar-refractivity contribution in [1.82, 2.24) is 34.9 Å². The number of nitrogens with two attached hydrogens (primary N) is 1. The predicted octanol–water partition coefficient (Wildman–Crippen LogP) is 2.03. The summed E-state index contributed by atoms with van der Waals surface area (Å²) in [5.74, 6) is 3.59. The molecule has 4 rings (SSSR count). The fourth-order valence-corrected chi connectivity index (χ4v) is 3.50. The van der Waals surface area contributed by atoms with Crippen LogP contribution in [0, 0.1) is 0 Å². The second-order valence-corrected chi connectivity index (χ2v) is 8.01. The molecule has 2 aromatic heterocycles. The Labute approximate surface area is 187 Å². The van der Waals surface area contributed by atoms with Crippen LogP contribution in [0.2, 0.25) is 0 Å². The SMILES string of the molecule is COc1ccccc1Nc1nc(N)nc(CN2CCN(Cc3nc(C(C)C)no3)CC2)n1. The van der Waals surface area contributed by atoms with Gasteiger partial charge in [-0.2, -0.15) is 19.9 Å². The van der Waals surface area contributed by atoms with Crippen LogP contribution >= 0.6 is 0 Å². The zero-order valence-corrected chi connectivity index (χ0v) is 18.7. The number of ether oxygens (including phenoxy) is 1. The van der Waals surface area contributed by atoms with Crippen LogP contribution in [0.25, 0.3) is 0 Å². The van der Waals surface area contributed by atoms with Crippen molar-refractivity contribution in [2.24, 2.45) is 0 Å². The van der Waals surface area contributed by atoms with E-state index in [1.165, 1.54) is 0 Å². The highest BCUT2D eigenvalue weighted by Gasteiger charge is 2.21. The van der Waals surface area contributed by atoms with Crippen LogP contribution in [0.15, 0.2) is 28.8 Å². The van der Waals surface area contributed by atoms with Crippen LogP contribution in [0.5, 0.6) is 5.75 Å². The maximum absolute atomic E-state index is 5.94. The lowest BCUT2D eigenvalue weighted by atomic mass is 10.2. The number of hydrogen-bond donors (Lipinski definition) is 2. The van der Waals surface area contributed by atoms with E-state index in [9.17, 15) is 0 Å². The van der Waals surface area contributed by atoms with Crippen LogP contribution in [-0.4, -0.2) is 68.2 Å². The van der Waals surface area contributed by atoms with Gasteiger partial charge in [0.2, 0.25) is 17.8 Å². The Kier molecular flexibility index (Phi) is 6.76. The van der Waals surface area contributed by atoms with Crippen molar-refractivity contribution in [3.05, 3.63) is 41.8 Å². The highest BCUT2D eigenvalue weighted by molar-refractivity contribution is 5.62. The summed E-state index contributed by atoms with van der Waals surface area (Å²) in [6, 6.07) is 7.57. The number of nitrogen functional groups attached to an aromatic ring is 1. The summed E-state index contributed by atoms with van der Waals surface area (Å²) in [6.07, 6.45) is 0. The van der Waals surface area contributed by atoms with Crippen molar-refractivity contribution in [1.29, 1.82) is 0 Å². The third-order valence-corrected chi connectivity index (χ3v) is 5.24. The summed E-state index contributed by atoms with van der Waals surface area (Å²) in [5.41, 5.74) is 6.70. The number of nitrogens with zero attached hydrogens (tertiary/aromatic N) is 7. The molecule has 1 aliphatic rings. The topological polar surface area (TPSA) is 131 Å². The normalized spacial score (nSPS) is 15.2. The third kappa shape index (κ3) is 5.48. The lowest BCUT2D eigenvalue weighted by Gasteiger charge is -2.33. The predicted molar refractivity (Wildman–Crippen MR) is 119 cm³/mol. The van der Waals surface area contributed by atoms with Crippen LogP contribution in [-0.2, 0) is 13.1 Å². The largest absolute Gasteiger partial charge is 0.495 e. The lowest BCUT2D eigenvalue weighted by Crippen LogP contribution is -2.45. The Balaban J connectivity index is 1.33. The summed E-state index contributed by atoms with van der Waals surface area (Å²) in [5, 5.41) is 7.21. The van der Waals surface area contributed by atoms with E-state index in [4.69, 9.17) is 15.0 Å². The molecule has 170 valence electrons. The van der Waals surface area contributed by atoms with Crippen molar-refractivity contribution in [3.63, 3.8) is 0 Å². The highest BCUT2D eigenvalue weighted by Crippen LogP contribution is 2.25. The minimum Gasteiger partial charge on any atom is -0.495 e. The van der Waals surface area contributed by atoms with Gasteiger partial charge in [-0.15, -0.1) is 0 Å². The number of rotatable bonds is 8. The molecular formula is C21H29N9O2. The Morgan fingerprint density at radius 3 is 2.44 bits per heavy atom. The van der Waals surface area contributed by atoms with Crippen LogP contribution in [0.1, 0.15) is 37.3 Å². The first-order chi connectivity index (χ1) is 15.5. The molecule has 0 bridgehead atoms. The second kappa shape index (κ2) is 9.88. The fraction of sp³-hybridized carbons (Fsp3) is 0.476. The van der Waals surface area contributed by atoms with E-state index < -0.39 is 0 Å². The minimum absolute atomic E-state index is 0.184. The third-order valence-electron chi connectivity index (χ3n) is 5.24. The van der Waals surface area contributed by atoms with Crippen LogP contribution < -0.4 is 15.8 Å². The molecule has 1 saturated heterocycles. The van der Waals surface area contributed by atoms with E-state index in [1.807, 2.05) is 24.3 Å². The van der Waals surface area contributed by atoms with Gasteiger partial charge in [-0.05, 0) is 12.1 Å². The highest BCUT2D eigenvalue weighted by atomic mass is 16.5. The Hall–Kier alpha value is -3.31. The molecule has 3 aromatic rings. The molecule has 1 fully saturated rings. The van der Waals surface area contributed by atoms with Crippen LogP contribution in [0.4, 0.5) is 17.6 Å². The first-order valence-electron chi connectivity index (χ1n) is 10.7. The molecular weight excluding hydrogens is 410 g/mol. The van der Waals surface area contributed by atoms with Crippen molar-refractivity contribution in [2.45, 2.75) is 32.9 Å². The van der Waals surface area contributed by atoms with E-state index >= 15 is 0 Å². The van der Waals surface area contributed by atoms with Crippen molar-refractivity contribution in [2.75, 3.05) is 44.3 Å². The number of hydrogen-bond acceptors (Lipinski definition) is 11. The van der Waals surface area contributed by atoms with Gasteiger partial charge in [0.25, 0.3) is 0 Å². The van der Waals surface area contributed by atoms with Crippen molar-refractivity contribution >= 4 is 17.6 Å². The van der Waals surface area contributed by atoms with Gasteiger partial charge in [0, 0.05) is 32.1 Å². The number of methoxy groups -OCH3 is 1. The minimum atomic E-state index is 0.184. The first kappa shape index (κ1) is 21.9. The quantitative estimate of drug-likeness (QED) is 0.534. The average Bonchev–Trinajstić information content (AvgIpc) is 3.24. The summed E-state index contributed by atoms with van der Waals surface area (Å²) in [6.45, 7) is 8.92. The molecule has 0 aliphatic carbocycles. The van der Waals surface area contributed by atoms with E-state index in [1.54, 1.807) is 7.11 Å². The van der Waals surface area contributed by atoms with Gasteiger partial charge in [0.05, 0.1) is 25.9 Å². The second-order valence-electron chi connectivity index (χ2n) is 8.01. The Morgan fingerprint density at radius 1 is 1.03 bits per heavy atom. The van der Waals surface area contributed by atoms with E-state index in [0.717, 1.165) is 37.7 Å². The van der Waals surface area contributed by atoms with Gasteiger partial charge >= 0.3 is 0 Å². The van der Waals surface area contributed by atoms with Gasteiger partial charge in [-0.3, -0.25) is 9.80 Å². The molecule has 0 unspecified atom stereocenters. The van der Waals surface area contributed by atoms with Gasteiger partial charge in [0.15, 0.2) is 5.82 Å². The molecule has 32 heavy (non-hydrogen) atoms. The molecule has 3 N–H and O–H groups in total. The molecule has 3 heterocycles. The number of aromatic nitrogens is 5. The van der Waals surface area contributed by atoms with E-state index in [0.29, 0.717) is 36.5 Å². The summed E-state index contributed by atoms with van der Waals surface area (Å²) in [4.78, 5) is 22.1. The van der Waals surface area contributed by atoms with Crippen molar-refractivity contribution < 1.29 is 9.26 Å². The molecule has 11 heteroatoms.